The zero-order valence-electron chi connectivity index (χ0n) is 17.5. The molecule has 1 N–H and O–H groups in total. The van der Waals surface area contributed by atoms with Gasteiger partial charge in [0.15, 0.2) is 11.5 Å². The number of para-hydroxylation sites is 1. The molecule has 2 aromatic carbocycles. The fraction of sp³-hybridized carbons (Fsp3) is 0.208. The lowest BCUT2D eigenvalue weighted by atomic mass is 9.87. The van der Waals surface area contributed by atoms with E-state index < -0.39 is 17.5 Å². The van der Waals surface area contributed by atoms with E-state index >= 15 is 0 Å². The number of aromatic nitrogens is 1. The quantitative estimate of drug-likeness (QED) is 0.566. The molecule has 0 aliphatic carbocycles. The molecule has 7 nitrogen and oxygen atoms in total. The van der Waals surface area contributed by atoms with E-state index in [1.807, 2.05) is 6.92 Å². The van der Waals surface area contributed by atoms with Crippen LogP contribution in [-0.2, 0) is 21.6 Å². The van der Waals surface area contributed by atoms with Crippen LogP contribution < -0.4 is 9.64 Å². The largest absolute Gasteiger partial charge is 0.504 e. The number of halogens is 1. The summed E-state index contributed by atoms with van der Waals surface area (Å²) in [7, 11) is 1.44. The number of likely N-dealkylation sites (N-methyl/N-ethyl adjacent to an activating group) is 1. The minimum absolute atomic E-state index is 0.102. The van der Waals surface area contributed by atoms with Crippen LogP contribution in [0.15, 0.2) is 60.9 Å². The Kier molecular flexibility index (Phi) is 5.76. The second kappa shape index (κ2) is 8.51. The Bertz CT molecular complexity index is 1180. The van der Waals surface area contributed by atoms with Crippen molar-refractivity contribution in [2.24, 2.45) is 0 Å². The van der Waals surface area contributed by atoms with Crippen LogP contribution in [0.4, 0.5) is 5.69 Å². The predicted octanol–water partition coefficient (Wildman–Crippen LogP) is 4.11. The topological polar surface area (TPSA) is 89.0 Å². The molecule has 0 saturated carbocycles. The lowest BCUT2D eigenvalue weighted by Crippen LogP contribution is -2.45. The van der Waals surface area contributed by atoms with Crippen molar-refractivity contribution in [2.45, 2.75) is 18.9 Å². The Morgan fingerprint density at radius 3 is 2.62 bits per heavy atom. The second-order valence-corrected chi connectivity index (χ2v) is 7.74. The van der Waals surface area contributed by atoms with Crippen molar-refractivity contribution in [3.63, 3.8) is 0 Å². The van der Waals surface area contributed by atoms with Gasteiger partial charge >= 0.3 is 5.97 Å². The number of rotatable bonds is 6. The summed E-state index contributed by atoms with van der Waals surface area (Å²) in [5.41, 5.74) is -0.0153. The first-order valence-electron chi connectivity index (χ1n) is 10.0. The third-order valence-corrected chi connectivity index (χ3v) is 5.75. The molecule has 164 valence electrons. The molecule has 2 heterocycles. The molecule has 1 aliphatic heterocycles. The van der Waals surface area contributed by atoms with Gasteiger partial charge in [-0.05, 0) is 43.3 Å². The number of amides is 1. The summed E-state index contributed by atoms with van der Waals surface area (Å²) in [5.74, 6) is -0.975. The van der Waals surface area contributed by atoms with Crippen LogP contribution >= 0.6 is 11.6 Å². The number of methoxy groups -OCH3 is 1. The molecule has 32 heavy (non-hydrogen) atoms. The van der Waals surface area contributed by atoms with E-state index in [1.54, 1.807) is 41.3 Å². The molecule has 4 rings (SSSR count). The van der Waals surface area contributed by atoms with Crippen molar-refractivity contribution in [1.82, 2.24) is 4.98 Å². The van der Waals surface area contributed by atoms with Crippen molar-refractivity contribution in [3.05, 3.63) is 82.6 Å². The first kappa shape index (κ1) is 21.6. The highest BCUT2D eigenvalue weighted by Gasteiger charge is 2.54. The molecular formula is C24H21ClN2O5. The van der Waals surface area contributed by atoms with Crippen LogP contribution in [0.2, 0.25) is 5.02 Å². The van der Waals surface area contributed by atoms with Crippen LogP contribution in [0, 0.1) is 0 Å². The third kappa shape index (κ3) is 3.54. The maximum absolute atomic E-state index is 13.7. The first-order valence-corrected chi connectivity index (χ1v) is 10.4. The zero-order chi connectivity index (χ0) is 22.9. The lowest BCUT2D eigenvalue weighted by molar-refractivity contribution is -0.137. The molecule has 1 atom stereocenters. The number of hydrogen-bond acceptors (Lipinski definition) is 6. The van der Waals surface area contributed by atoms with Gasteiger partial charge in [-0.2, -0.15) is 0 Å². The molecule has 8 heteroatoms. The summed E-state index contributed by atoms with van der Waals surface area (Å²) in [6.07, 6.45) is 2.84. The number of pyridine rings is 1. The fourth-order valence-electron chi connectivity index (χ4n) is 3.98. The molecule has 0 radical (unpaired) electrons. The number of ether oxygens (including phenoxy) is 2. The van der Waals surface area contributed by atoms with Gasteiger partial charge in [0.25, 0.3) is 5.91 Å². The number of phenolic OH excluding ortho intramolecular Hbond substituents is 1. The van der Waals surface area contributed by atoms with Gasteiger partial charge in [-0.15, -0.1) is 0 Å². The summed E-state index contributed by atoms with van der Waals surface area (Å²) in [4.78, 5) is 32.3. The number of carbonyl (C=O) groups excluding carboxylic acids is 2. The SMILES string of the molecule is CCN1C(=O)C(Cc2cccc(OC)c2O)(OC(=O)c2ccncc2)c2cc(Cl)ccc21. The second-order valence-electron chi connectivity index (χ2n) is 7.31. The number of aromatic hydroxyl groups is 1. The van der Waals surface area contributed by atoms with E-state index in [0.29, 0.717) is 28.4 Å². The summed E-state index contributed by atoms with van der Waals surface area (Å²) in [5, 5.41) is 11.1. The maximum Gasteiger partial charge on any atom is 0.339 e. The van der Waals surface area contributed by atoms with Crippen molar-refractivity contribution in [3.8, 4) is 11.5 Å². The fourth-order valence-corrected chi connectivity index (χ4v) is 4.15. The van der Waals surface area contributed by atoms with E-state index in [9.17, 15) is 14.7 Å². The normalized spacial score (nSPS) is 17.2. The van der Waals surface area contributed by atoms with Crippen molar-refractivity contribution >= 4 is 29.2 Å². The molecular weight excluding hydrogens is 432 g/mol. The molecule has 0 spiro atoms. The molecule has 0 saturated heterocycles. The Balaban J connectivity index is 1.89. The molecule has 1 aromatic heterocycles. The first-order chi connectivity index (χ1) is 15.4. The Labute approximate surface area is 190 Å². The number of phenols is 1. The smallest absolute Gasteiger partial charge is 0.339 e. The molecule has 0 fully saturated rings. The van der Waals surface area contributed by atoms with Crippen molar-refractivity contribution < 1.29 is 24.2 Å². The number of benzene rings is 2. The lowest BCUT2D eigenvalue weighted by Gasteiger charge is -2.29. The van der Waals surface area contributed by atoms with E-state index in [0.717, 1.165) is 0 Å². The number of nitrogens with zero attached hydrogens (tertiary/aromatic N) is 2. The van der Waals surface area contributed by atoms with Gasteiger partial charge in [0.2, 0.25) is 5.60 Å². The molecule has 1 amide bonds. The Hall–Kier alpha value is -3.58. The van der Waals surface area contributed by atoms with Gasteiger partial charge in [-0.1, -0.05) is 23.7 Å². The highest BCUT2D eigenvalue weighted by molar-refractivity contribution is 6.31. The average molecular weight is 453 g/mol. The Morgan fingerprint density at radius 1 is 1.19 bits per heavy atom. The average Bonchev–Trinajstić information content (AvgIpc) is 3.02. The van der Waals surface area contributed by atoms with E-state index in [4.69, 9.17) is 21.1 Å². The molecule has 1 aliphatic rings. The van der Waals surface area contributed by atoms with E-state index in [1.165, 1.54) is 31.6 Å². The van der Waals surface area contributed by atoms with E-state index in [2.05, 4.69) is 4.98 Å². The summed E-state index contributed by atoms with van der Waals surface area (Å²) < 4.78 is 11.2. The Morgan fingerprint density at radius 2 is 1.94 bits per heavy atom. The standard InChI is InChI=1S/C24H21ClN2O5/c1-3-27-19-8-7-17(25)13-18(19)24(23(27)30,32-22(29)15-9-11-26-12-10-15)14-16-5-4-6-20(31-2)21(16)28/h4-13,28H,3,14H2,1-2H3. The van der Waals surface area contributed by atoms with Gasteiger partial charge in [0.05, 0.1) is 18.4 Å². The van der Waals surface area contributed by atoms with Gasteiger partial charge in [-0.3, -0.25) is 9.78 Å². The van der Waals surface area contributed by atoms with Crippen LogP contribution in [0.3, 0.4) is 0 Å². The number of hydrogen-bond donors (Lipinski definition) is 1. The van der Waals surface area contributed by atoms with Crippen LogP contribution in [0.1, 0.15) is 28.4 Å². The zero-order valence-corrected chi connectivity index (χ0v) is 18.3. The predicted molar refractivity (Wildman–Crippen MR) is 119 cm³/mol. The van der Waals surface area contributed by atoms with Gasteiger partial charge in [0.1, 0.15) is 0 Å². The monoisotopic (exact) mass is 452 g/mol. The summed E-state index contributed by atoms with van der Waals surface area (Å²) in [6, 6.07) is 13.0. The van der Waals surface area contributed by atoms with Crippen LogP contribution in [0.5, 0.6) is 11.5 Å². The number of esters is 1. The maximum atomic E-state index is 13.7. The highest BCUT2D eigenvalue weighted by atomic mass is 35.5. The van der Waals surface area contributed by atoms with Crippen molar-refractivity contribution in [1.29, 1.82) is 0 Å². The summed E-state index contributed by atoms with van der Waals surface area (Å²) in [6.45, 7) is 2.20. The molecule has 0 bridgehead atoms. The van der Waals surface area contributed by atoms with Gasteiger partial charge in [-0.25, -0.2) is 4.79 Å². The van der Waals surface area contributed by atoms with Gasteiger partial charge in [0, 0.05) is 41.5 Å². The minimum Gasteiger partial charge on any atom is -0.504 e. The van der Waals surface area contributed by atoms with Crippen LogP contribution in [-0.4, -0.2) is 35.6 Å². The number of carbonyl (C=O) groups is 2. The molecule has 3 aromatic rings. The third-order valence-electron chi connectivity index (χ3n) is 5.52. The highest BCUT2D eigenvalue weighted by Crippen LogP contribution is 2.47. The molecule has 1 unspecified atom stereocenters. The van der Waals surface area contributed by atoms with Crippen LogP contribution in [0.25, 0.3) is 0 Å². The van der Waals surface area contributed by atoms with E-state index in [-0.39, 0.29) is 23.5 Å². The number of fused-ring (bicyclic) bond motifs is 1. The van der Waals surface area contributed by atoms with Crippen molar-refractivity contribution in [2.75, 3.05) is 18.6 Å². The minimum atomic E-state index is -1.72. The summed E-state index contributed by atoms with van der Waals surface area (Å²) >= 11 is 6.28. The number of anilines is 1. The van der Waals surface area contributed by atoms with Gasteiger partial charge < -0.3 is 19.5 Å².